The molecule has 1 fully saturated rings. The van der Waals surface area contributed by atoms with Crippen molar-refractivity contribution < 1.29 is 14.7 Å². The highest BCUT2D eigenvalue weighted by Crippen LogP contribution is 2.31. The van der Waals surface area contributed by atoms with Crippen molar-refractivity contribution in [1.29, 1.82) is 0 Å². The molecule has 5 heteroatoms. The number of carbonyl (C=O) groups excluding carboxylic acids is 1. The van der Waals surface area contributed by atoms with E-state index in [2.05, 4.69) is 10.6 Å². The van der Waals surface area contributed by atoms with Crippen molar-refractivity contribution in [2.75, 3.05) is 20.1 Å². The molecule has 0 heterocycles. The molecule has 0 spiro atoms. The third-order valence-electron chi connectivity index (χ3n) is 3.47. The highest BCUT2D eigenvalue weighted by atomic mass is 16.4. The maximum absolute atomic E-state index is 11.7. The van der Waals surface area contributed by atoms with Gasteiger partial charge in [0.2, 0.25) is 5.91 Å². The number of hydrogen-bond acceptors (Lipinski definition) is 3. The average Bonchev–Trinajstić information content (AvgIpc) is 2.74. The largest absolute Gasteiger partial charge is 0.481 e. The Morgan fingerprint density at radius 3 is 2.71 bits per heavy atom. The Hall–Kier alpha value is -1.10. The third-order valence-corrected chi connectivity index (χ3v) is 3.47. The predicted molar refractivity (Wildman–Crippen MR) is 64.6 cm³/mol. The molecule has 3 atom stereocenters. The Morgan fingerprint density at radius 1 is 1.41 bits per heavy atom. The molecule has 1 saturated carbocycles. The lowest BCUT2D eigenvalue weighted by Gasteiger charge is -2.18. The van der Waals surface area contributed by atoms with E-state index in [1.54, 1.807) is 7.05 Å². The van der Waals surface area contributed by atoms with Crippen molar-refractivity contribution in [1.82, 2.24) is 10.6 Å². The van der Waals surface area contributed by atoms with Gasteiger partial charge < -0.3 is 15.7 Å². The highest BCUT2D eigenvalue weighted by Gasteiger charge is 2.33. The summed E-state index contributed by atoms with van der Waals surface area (Å²) in [4.78, 5) is 22.6. The van der Waals surface area contributed by atoms with Gasteiger partial charge in [0.25, 0.3) is 0 Å². The second-order valence-electron chi connectivity index (χ2n) is 4.84. The fourth-order valence-electron chi connectivity index (χ4n) is 2.41. The topological polar surface area (TPSA) is 78.4 Å². The van der Waals surface area contributed by atoms with Crippen LogP contribution in [0.1, 0.15) is 26.2 Å². The first-order valence-electron chi connectivity index (χ1n) is 6.21. The normalized spacial score (nSPS) is 25.5. The van der Waals surface area contributed by atoms with Crippen molar-refractivity contribution in [3.05, 3.63) is 0 Å². The molecule has 0 aromatic heterocycles. The summed E-state index contributed by atoms with van der Waals surface area (Å²) in [5, 5.41) is 14.8. The number of amides is 1. The van der Waals surface area contributed by atoms with Crippen LogP contribution in [0.4, 0.5) is 0 Å². The molecule has 0 aromatic carbocycles. The van der Waals surface area contributed by atoms with Crippen LogP contribution >= 0.6 is 0 Å². The van der Waals surface area contributed by atoms with Gasteiger partial charge in [0.15, 0.2) is 0 Å². The van der Waals surface area contributed by atoms with Gasteiger partial charge in [-0.2, -0.15) is 0 Å². The average molecular weight is 242 g/mol. The second-order valence-corrected chi connectivity index (χ2v) is 4.84. The lowest BCUT2D eigenvalue weighted by atomic mass is 9.96. The van der Waals surface area contributed by atoms with Gasteiger partial charge in [0.05, 0.1) is 5.92 Å². The molecule has 0 aliphatic heterocycles. The van der Waals surface area contributed by atoms with Gasteiger partial charge in [-0.15, -0.1) is 0 Å². The summed E-state index contributed by atoms with van der Waals surface area (Å²) >= 11 is 0. The summed E-state index contributed by atoms with van der Waals surface area (Å²) in [6.45, 7) is 2.98. The Labute approximate surface area is 102 Å². The van der Waals surface area contributed by atoms with Crippen molar-refractivity contribution in [2.45, 2.75) is 26.2 Å². The Morgan fingerprint density at radius 2 is 2.12 bits per heavy atom. The molecule has 0 radical (unpaired) electrons. The number of carboxylic acid groups (broad SMARTS) is 1. The van der Waals surface area contributed by atoms with Gasteiger partial charge in [-0.05, 0) is 25.8 Å². The van der Waals surface area contributed by atoms with Crippen molar-refractivity contribution >= 4 is 11.9 Å². The zero-order chi connectivity index (χ0) is 12.8. The van der Waals surface area contributed by atoms with Crippen LogP contribution in [-0.2, 0) is 9.59 Å². The Balaban J connectivity index is 2.34. The predicted octanol–water partition coefficient (Wildman–Crippen LogP) is 0.459. The van der Waals surface area contributed by atoms with Gasteiger partial charge in [-0.3, -0.25) is 9.59 Å². The SMILES string of the molecule is CNCC(C)C(=O)NCC1CCCC1C(=O)O. The van der Waals surface area contributed by atoms with Crippen LogP contribution in [0.5, 0.6) is 0 Å². The molecule has 1 rings (SSSR count). The molecule has 0 saturated heterocycles. The van der Waals surface area contributed by atoms with E-state index in [0.717, 1.165) is 19.3 Å². The zero-order valence-electron chi connectivity index (χ0n) is 10.5. The van der Waals surface area contributed by atoms with Gasteiger partial charge in [-0.1, -0.05) is 13.3 Å². The number of carbonyl (C=O) groups is 2. The number of rotatable bonds is 6. The van der Waals surface area contributed by atoms with E-state index < -0.39 is 5.97 Å². The van der Waals surface area contributed by atoms with Crippen LogP contribution in [0, 0.1) is 17.8 Å². The first-order valence-corrected chi connectivity index (χ1v) is 6.21. The van der Waals surface area contributed by atoms with Crippen LogP contribution < -0.4 is 10.6 Å². The number of carboxylic acids is 1. The fourth-order valence-corrected chi connectivity index (χ4v) is 2.41. The van der Waals surface area contributed by atoms with Crippen molar-refractivity contribution in [2.24, 2.45) is 17.8 Å². The van der Waals surface area contributed by atoms with E-state index in [9.17, 15) is 9.59 Å². The summed E-state index contributed by atoms with van der Waals surface area (Å²) in [5.74, 6) is -1.00. The molecule has 1 aliphatic rings. The van der Waals surface area contributed by atoms with Crippen LogP contribution in [-0.4, -0.2) is 37.1 Å². The van der Waals surface area contributed by atoms with Crippen LogP contribution in [0.15, 0.2) is 0 Å². The molecule has 17 heavy (non-hydrogen) atoms. The second kappa shape index (κ2) is 6.59. The molecule has 98 valence electrons. The molecule has 1 amide bonds. The van der Waals surface area contributed by atoms with Gasteiger partial charge in [-0.25, -0.2) is 0 Å². The summed E-state index contributed by atoms with van der Waals surface area (Å²) < 4.78 is 0. The molecule has 3 N–H and O–H groups in total. The smallest absolute Gasteiger partial charge is 0.306 e. The lowest BCUT2D eigenvalue weighted by Crippen LogP contribution is -2.38. The molecule has 0 bridgehead atoms. The van der Waals surface area contributed by atoms with E-state index >= 15 is 0 Å². The van der Waals surface area contributed by atoms with Crippen molar-refractivity contribution in [3.8, 4) is 0 Å². The first kappa shape index (κ1) is 14.0. The van der Waals surface area contributed by atoms with Gasteiger partial charge in [0, 0.05) is 19.0 Å². The maximum atomic E-state index is 11.7. The minimum Gasteiger partial charge on any atom is -0.481 e. The summed E-state index contributed by atoms with van der Waals surface area (Å²) in [6, 6.07) is 0. The molecule has 0 aromatic rings. The van der Waals surface area contributed by atoms with E-state index in [1.807, 2.05) is 6.92 Å². The number of nitrogens with one attached hydrogen (secondary N) is 2. The Bertz CT molecular complexity index is 281. The molecule has 3 unspecified atom stereocenters. The van der Waals surface area contributed by atoms with E-state index in [-0.39, 0.29) is 23.7 Å². The quantitative estimate of drug-likeness (QED) is 0.632. The molecular weight excluding hydrogens is 220 g/mol. The minimum absolute atomic E-state index is 0.00427. The monoisotopic (exact) mass is 242 g/mol. The summed E-state index contributed by atoms with van der Waals surface area (Å²) in [6.07, 6.45) is 2.59. The molecular formula is C12H22N2O3. The van der Waals surface area contributed by atoms with Crippen LogP contribution in [0.2, 0.25) is 0 Å². The van der Waals surface area contributed by atoms with E-state index in [4.69, 9.17) is 5.11 Å². The van der Waals surface area contributed by atoms with Gasteiger partial charge >= 0.3 is 5.97 Å². The maximum Gasteiger partial charge on any atom is 0.306 e. The Kier molecular flexibility index (Phi) is 5.41. The summed E-state index contributed by atoms with van der Waals surface area (Å²) in [5.41, 5.74) is 0. The van der Waals surface area contributed by atoms with E-state index in [1.165, 1.54) is 0 Å². The standard InChI is InChI=1S/C12H22N2O3/c1-8(6-13-2)11(15)14-7-9-4-3-5-10(9)12(16)17/h8-10,13H,3-7H2,1-2H3,(H,14,15)(H,16,17). The van der Waals surface area contributed by atoms with Crippen LogP contribution in [0.25, 0.3) is 0 Å². The van der Waals surface area contributed by atoms with Crippen molar-refractivity contribution in [3.63, 3.8) is 0 Å². The first-order chi connectivity index (χ1) is 8.06. The minimum atomic E-state index is -0.731. The highest BCUT2D eigenvalue weighted by molar-refractivity contribution is 5.78. The van der Waals surface area contributed by atoms with Crippen LogP contribution in [0.3, 0.4) is 0 Å². The fraction of sp³-hybridized carbons (Fsp3) is 0.833. The molecule has 1 aliphatic carbocycles. The van der Waals surface area contributed by atoms with E-state index in [0.29, 0.717) is 13.1 Å². The third kappa shape index (κ3) is 4.00. The zero-order valence-corrected chi connectivity index (χ0v) is 10.5. The number of hydrogen-bond donors (Lipinski definition) is 3. The molecule has 5 nitrogen and oxygen atoms in total. The lowest BCUT2D eigenvalue weighted by molar-refractivity contribution is -0.143. The summed E-state index contributed by atoms with van der Waals surface area (Å²) in [7, 11) is 1.81. The van der Waals surface area contributed by atoms with Gasteiger partial charge in [0.1, 0.15) is 0 Å². The number of aliphatic carboxylic acids is 1.